The maximum Gasteiger partial charge on any atom is 0.319 e. The van der Waals surface area contributed by atoms with Crippen LogP contribution in [0.3, 0.4) is 0 Å². The summed E-state index contributed by atoms with van der Waals surface area (Å²) in [5, 5.41) is 0. The topological polar surface area (TPSA) is 26.8 Å². The average molecular weight is 259 g/mol. The van der Waals surface area contributed by atoms with Gasteiger partial charge in [-0.3, -0.25) is 4.90 Å². The highest BCUT2D eigenvalue weighted by atomic mass is 16.2. The van der Waals surface area contributed by atoms with Gasteiger partial charge in [0.05, 0.1) is 6.04 Å². The van der Waals surface area contributed by atoms with E-state index < -0.39 is 0 Å². The molecule has 0 spiro atoms. The molecule has 4 nitrogen and oxygen atoms in total. The zero-order chi connectivity index (χ0) is 13.4. The van der Waals surface area contributed by atoms with Crippen LogP contribution in [-0.2, 0) is 6.42 Å². The third kappa shape index (κ3) is 2.21. The highest BCUT2D eigenvalue weighted by Gasteiger charge is 2.34. The van der Waals surface area contributed by atoms with Crippen LogP contribution in [0.5, 0.6) is 0 Å². The molecule has 1 aromatic carbocycles. The van der Waals surface area contributed by atoms with E-state index in [0.29, 0.717) is 6.04 Å². The number of benzene rings is 1. The summed E-state index contributed by atoms with van der Waals surface area (Å²) < 4.78 is 0. The fraction of sp³-hybridized carbons (Fsp3) is 0.533. The summed E-state index contributed by atoms with van der Waals surface area (Å²) >= 11 is 0. The van der Waals surface area contributed by atoms with Crippen LogP contribution in [0.25, 0.3) is 0 Å². The van der Waals surface area contributed by atoms with Gasteiger partial charge in [0.1, 0.15) is 0 Å². The second kappa shape index (κ2) is 4.85. The summed E-state index contributed by atoms with van der Waals surface area (Å²) in [6.07, 6.45) is 1.13. The van der Waals surface area contributed by atoms with Crippen LogP contribution in [0.15, 0.2) is 24.3 Å². The molecule has 2 amide bonds. The molecule has 1 fully saturated rings. The van der Waals surface area contributed by atoms with Crippen LogP contribution in [0.1, 0.15) is 17.2 Å². The molecule has 2 aliphatic rings. The van der Waals surface area contributed by atoms with Crippen LogP contribution in [0.2, 0.25) is 0 Å². The lowest BCUT2D eigenvalue weighted by molar-refractivity contribution is 0.0740. The molecule has 2 heterocycles. The maximum absolute atomic E-state index is 12.1. The molecule has 0 saturated carbocycles. The van der Waals surface area contributed by atoms with Crippen LogP contribution < -0.4 is 0 Å². The second-order valence-corrected chi connectivity index (χ2v) is 5.62. The van der Waals surface area contributed by atoms with E-state index >= 15 is 0 Å². The van der Waals surface area contributed by atoms with Gasteiger partial charge in [-0.05, 0) is 17.5 Å². The molecule has 1 atom stereocenters. The number of urea groups is 1. The molecule has 0 bridgehead atoms. The van der Waals surface area contributed by atoms with Gasteiger partial charge in [-0.15, -0.1) is 0 Å². The standard InChI is InChI=1S/C15H21N3O/c1-16(2)15(19)18-10-9-17-8-7-12-5-3-4-6-13(12)14(17)11-18/h3-6,14H,7-11H2,1-2H3. The van der Waals surface area contributed by atoms with E-state index in [1.54, 1.807) is 4.90 Å². The Labute approximate surface area is 114 Å². The molecular formula is C15H21N3O. The van der Waals surface area contributed by atoms with E-state index in [0.717, 1.165) is 32.6 Å². The van der Waals surface area contributed by atoms with E-state index in [1.165, 1.54) is 11.1 Å². The Morgan fingerprint density at radius 2 is 2.00 bits per heavy atom. The van der Waals surface area contributed by atoms with Crippen LogP contribution in [0, 0.1) is 0 Å². The monoisotopic (exact) mass is 259 g/mol. The molecule has 0 aromatic heterocycles. The summed E-state index contributed by atoms with van der Waals surface area (Å²) in [6.45, 7) is 3.76. The third-order valence-electron chi connectivity index (χ3n) is 4.23. The second-order valence-electron chi connectivity index (χ2n) is 5.62. The van der Waals surface area contributed by atoms with Gasteiger partial charge in [-0.1, -0.05) is 24.3 Å². The van der Waals surface area contributed by atoms with E-state index in [-0.39, 0.29) is 6.03 Å². The fourth-order valence-electron chi connectivity index (χ4n) is 3.19. The first-order valence-corrected chi connectivity index (χ1v) is 6.95. The van der Waals surface area contributed by atoms with Gasteiger partial charge in [-0.25, -0.2) is 4.79 Å². The number of fused-ring (bicyclic) bond motifs is 3. The molecule has 1 saturated heterocycles. The first-order valence-electron chi connectivity index (χ1n) is 6.95. The number of rotatable bonds is 0. The van der Waals surface area contributed by atoms with Gasteiger partial charge in [0.2, 0.25) is 0 Å². The van der Waals surface area contributed by atoms with Gasteiger partial charge in [-0.2, -0.15) is 0 Å². The van der Waals surface area contributed by atoms with Gasteiger partial charge in [0.15, 0.2) is 0 Å². The minimum Gasteiger partial charge on any atom is -0.331 e. The van der Waals surface area contributed by atoms with E-state index in [4.69, 9.17) is 0 Å². The Bertz CT molecular complexity index is 486. The van der Waals surface area contributed by atoms with E-state index in [1.807, 2.05) is 19.0 Å². The van der Waals surface area contributed by atoms with Crippen molar-refractivity contribution in [3.8, 4) is 0 Å². The summed E-state index contributed by atoms with van der Waals surface area (Å²) in [7, 11) is 3.65. The highest BCUT2D eigenvalue weighted by Crippen LogP contribution is 2.32. The molecule has 0 aliphatic carbocycles. The third-order valence-corrected chi connectivity index (χ3v) is 4.23. The predicted octanol–water partition coefficient (Wildman–Crippen LogP) is 1.58. The molecule has 1 unspecified atom stereocenters. The van der Waals surface area contributed by atoms with Crippen molar-refractivity contribution < 1.29 is 4.79 Å². The number of carbonyl (C=O) groups is 1. The molecule has 4 heteroatoms. The number of amides is 2. The lowest BCUT2D eigenvalue weighted by atomic mass is 9.91. The smallest absolute Gasteiger partial charge is 0.319 e. The molecule has 2 aliphatic heterocycles. The van der Waals surface area contributed by atoms with Crippen molar-refractivity contribution in [3.05, 3.63) is 35.4 Å². The first kappa shape index (κ1) is 12.5. The zero-order valence-electron chi connectivity index (χ0n) is 11.7. The van der Waals surface area contributed by atoms with Crippen molar-refractivity contribution in [2.24, 2.45) is 0 Å². The van der Waals surface area contributed by atoms with E-state index in [2.05, 4.69) is 29.2 Å². The lowest BCUT2D eigenvalue weighted by Crippen LogP contribution is -2.54. The zero-order valence-corrected chi connectivity index (χ0v) is 11.7. The van der Waals surface area contributed by atoms with Crippen molar-refractivity contribution in [2.75, 3.05) is 40.3 Å². The number of nitrogens with zero attached hydrogens (tertiary/aromatic N) is 3. The van der Waals surface area contributed by atoms with Crippen molar-refractivity contribution >= 4 is 6.03 Å². The molecule has 102 valence electrons. The van der Waals surface area contributed by atoms with Crippen LogP contribution in [0.4, 0.5) is 4.79 Å². The fourth-order valence-corrected chi connectivity index (χ4v) is 3.19. The van der Waals surface area contributed by atoms with Gasteiger partial charge >= 0.3 is 6.03 Å². The average Bonchev–Trinajstić information content (AvgIpc) is 2.45. The first-order chi connectivity index (χ1) is 9.16. The van der Waals surface area contributed by atoms with Gasteiger partial charge in [0, 0.05) is 40.3 Å². The molecule has 0 N–H and O–H groups in total. The summed E-state index contributed by atoms with van der Waals surface area (Å²) in [5.74, 6) is 0. The number of piperazine rings is 1. The van der Waals surface area contributed by atoms with E-state index in [9.17, 15) is 4.79 Å². The summed E-state index contributed by atoms with van der Waals surface area (Å²) in [5.41, 5.74) is 2.85. The number of carbonyl (C=O) groups excluding carboxylic acids is 1. The SMILES string of the molecule is CN(C)C(=O)N1CCN2CCc3ccccc3C2C1. The highest BCUT2D eigenvalue weighted by molar-refractivity contribution is 5.74. The minimum absolute atomic E-state index is 0.128. The Kier molecular flexibility index (Phi) is 3.19. The molecule has 3 rings (SSSR count). The largest absolute Gasteiger partial charge is 0.331 e. The predicted molar refractivity (Wildman–Crippen MR) is 75.1 cm³/mol. The quantitative estimate of drug-likeness (QED) is 0.707. The molecular weight excluding hydrogens is 238 g/mol. The Hall–Kier alpha value is -1.55. The van der Waals surface area contributed by atoms with Crippen molar-refractivity contribution in [1.29, 1.82) is 0 Å². The van der Waals surface area contributed by atoms with Crippen LogP contribution >= 0.6 is 0 Å². The lowest BCUT2D eigenvalue weighted by Gasteiger charge is -2.45. The van der Waals surface area contributed by atoms with Crippen molar-refractivity contribution in [2.45, 2.75) is 12.5 Å². The minimum atomic E-state index is 0.128. The molecule has 19 heavy (non-hydrogen) atoms. The Morgan fingerprint density at radius 1 is 1.21 bits per heavy atom. The maximum atomic E-state index is 12.1. The molecule has 0 radical (unpaired) electrons. The summed E-state index contributed by atoms with van der Waals surface area (Å²) in [4.78, 5) is 18.3. The van der Waals surface area contributed by atoms with Crippen molar-refractivity contribution in [1.82, 2.24) is 14.7 Å². The molecule has 1 aromatic rings. The number of hydrogen-bond donors (Lipinski definition) is 0. The normalized spacial score (nSPS) is 22.6. The Balaban J connectivity index is 1.84. The number of hydrogen-bond acceptors (Lipinski definition) is 2. The summed E-state index contributed by atoms with van der Waals surface area (Å²) in [6, 6.07) is 9.16. The van der Waals surface area contributed by atoms with Crippen LogP contribution in [-0.4, -0.2) is 61.0 Å². The van der Waals surface area contributed by atoms with Crippen molar-refractivity contribution in [3.63, 3.8) is 0 Å². The Morgan fingerprint density at radius 3 is 2.79 bits per heavy atom. The van der Waals surface area contributed by atoms with Gasteiger partial charge < -0.3 is 9.80 Å². The van der Waals surface area contributed by atoms with Gasteiger partial charge in [0.25, 0.3) is 0 Å².